The van der Waals surface area contributed by atoms with E-state index in [1.54, 1.807) is 18.3 Å². The number of halogens is 1. The van der Waals surface area contributed by atoms with Crippen LogP contribution in [0.1, 0.15) is 28.1 Å². The van der Waals surface area contributed by atoms with Crippen molar-refractivity contribution in [3.05, 3.63) is 45.4 Å². The zero-order chi connectivity index (χ0) is 13.3. The van der Waals surface area contributed by atoms with Gasteiger partial charge in [-0.2, -0.15) is 0 Å². The summed E-state index contributed by atoms with van der Waals surface area (Å²) < 4.78 is 13.1. The summed E-state index contributed by atoms with van der Waals surface area (Å²) in [6.07, 6.45) is 2.96. The van der Waals surface area contributed by atoms with E-state index >= 15 is 0 Å². The van der Waals surface area contributed by atoms with Crippen LogP contribution in [0.4, 0.5) is 4.39 Å². The van der Waals surface area contributed by atoms with Crippen molar-refractivity contribution in [3.8, 4) is 0 Å². The summed E-state index contributed by atoms with van der Waals surface area (Å²) >= 11 is 1.55. The zero-order valence-corrected chi connectivity index (χ0v) is 11.4. The molecule has 18 heavy (non-hydrogen) atoms. The topological polar surface area (TPSA) is 46.0 Å². The molecule has 2 aromatic rings. The van der Waals surface area contributed by atoms with Gasteiger partial charge in [0.1, 0.15) is 5.82 Å². The number of pyridine rings is 1. The summed E-state index contributed by atoms with van der Waals surface area (Å²) in [5.74, 6) is -0.445. The van der Waals surface area contributed by atoms with E-state index in [4.69, 9.17) is 0 Å². The maximum absolute atomic E-state index is 13.1. The molecule has 0 saturated carbocycles. The molecule has 0 aliphatic heterocycles. The number of hydrogen-bond donors (Lipinski definition) is 1. The molecule has 2 rings (SSSR count). The highest BCUT2D eigenvalue weighted by Gasteiger charge is 2.26. The fourth-order valence-corrected chi connectivity index (χ4v) is 2.80. The molecule has 0 spiro atoms. The van der Waals surface area contributed by atoms with Crippen LogP contribution in [0.3, 0.4) is 0 Å². The maximum atomic E-state index is 13.1. The Balaban J connectivity index is 2.26. The van der Waals surface area contributed by atoms with Gasteiger partial charge >= 0.3 is 0 Å². The van der Waals surface area contributed by atoms with Crippen molar-refractivity contribution in [1.82, 2.24) is 9.97 Å². The van der Waals surface area contributed by atoms with Crippen LogP contribution < -0.4 is 0 Å². The first-order valence-corrected chi connectivity index (χ1v) is 6.46. The van der Waals surface area contributed by atoms with Crippen LogP contribution in [0.25, 0.3) is 0 Å². The molecule has 1 N–H and O–H groups in total. The number of rotatable bonds is 3. The monoisotopic (exact) mass is 266 g/mol. The van der Waals surface area contributed by atoms with E-state index in [0.29, 0.717) is 12.0 Å². The number of nitrogens with zero attached hydrogens (tertiary/aromatic N) is 2. The smallest absolute Gasteiger partial charge is 0.141 e. The van der Waals surface area contributed by atoms with E-state index in [2.05, 4.69) is 9.97 Å². The molecule has 3 nitrogen and oxygen atoms in total. The van der Waals surface area contributed by atoms with Crippen LogP contribution in [0, 0.1) is 19.7 Å². The van der Waals surface area contributed by atoms with Crippen molar-refractivity contribution in [1.29, 1.82) is 0 Å². The average molecular weight is 266 g/mol. The van der Waals surface area contributed by atoms with Crippen LogP contribution >= 0.6 is 11.3 Å². The van der Waals surface area contributed by atoms with Crippen LogP contribution in [0.2, 0.25) is 0 Å². The predicted octanol–water partition coefficient (Wildman–Crippen LogP) is 2.74. The Labute approximate surface area is 109 Å². The van der Waals surface area contributed by atoms with Crippen LogP contribution in [-0.4, -0.2) is 15.1 Å². The number of hydrogen-bond acceptors (Lipinski definition) is 4. The molecule has 5 heteroatoms. The van der Waals surface area contributed by atoms with Gasteiger partial charge in [-0.25, -0.2) is 9.37 Å². The Morgan fingerprint density at radius 2 is 2.11 bits per heavy atom. The molecule has 0 amide bonds. The molecule has 0 aromatic carbocycles. The number of aromatic nitrogens is 2. The second kappa shape index (κ2) is 4.74. The molecule has 2 heterocycles. The quantitative estimate of drug-likeness (QED) is 0.929. The first-order chi connectivity index (χ1) is 8.38. The second-order valence-electron chi connectivity index (χ2n) is 4.59. The van der Waals surface area contributed by atoms with Gasteiger partial charge in [-0.1, -0.05) is 0 Å². The van der Waals surface area contributed by atoms with Gasteiger partial charge in [0.05, 0.1) is 22.5 Å². The lowest BCUT2D eigenvalue weighted by molar-refractivity contribution is 0.0568. The van der Waals surface area contributed by atoms with Crippen LogP contribution in [-0.2, 0) is 12.0 Å². The Kier molecular flexibility index (Phi) is 3.45. The Morgan fingerprint density at radius 1 is 1.39 bits per heavy atom. The van der Waals surface area contributed by atoms with Crippen molar-refractivity contribution in [3.63, 3.8) is 0 Å². The van der Waals surface area contributed by atoms with Crippen molar-refractivity contribution < 1.29 is 9.50 Å². The summed E-state index contributed by atoms with van der Waals surface area (Å²) in [7, 11) is 0. The standard InChI is InChI=1S/C13H15FN2OS/c1-8-9(2)18-12(16-8)5-13(3,17)10-4-11(14)7-15-6-10/h4,6-7,17H,5H2,1-3H3. The summed E-state index contributed by atoms with van der Waals surface area (Å²) in [5.41, 5.74) is 0.280. The molecule has 96 valence electrons. The predicted molar refractivity (Wildman–Crippen MR) is 69.1 cm³/mol. The van der Waals surface area contributed by atoms with Crippen LogP contribution in [0.15, 0.2) is 18.5 Å². The van der Waals surface area contributed by atoms with Gasteiger partial charge in [0.2, 0.25) is 0 Å². The lowest BCUT2D eigenvalue weighted by Gasteiger charge is -2.22. The Bertz CT molecular complexity index is 546. The molecular weight excluding hydrogens is 251 g/mol. The molecule has 0 saturated heterocycles. The summed E-state index contributed by atoms with van der Waals surface area (Å²) in [5, 5.41) is 11.3. The number of thiazole rings is 1. The van der Waals surface area contributed by atoms with Crippen LogP contribution in [0.5, 0.6) is 0 Å². The van der Waals surface area contributed by atoms with Gasteiger partial charge in [-0.05, 0) is 26.8 Å². The summed E-state index contributed by atoms with van der Waals surface area (Å²) in [6, 6.07) is 1.31. The van der Waals surface area contributed by atoms with Gasteiger partial charge in [0.15, 0.2) is 0 Å². The molecule has 0 radical (unpaired) electrons. The minimum absolute atomic E-state index is 0.359. The largest absolute Gasteiger partial charge is 0.385 e. The first kappa shape index (κ1) is 13.1. The normalized spacial score (nSPS) is 14.5. The Morgan fingerprint density at radius 3 is 2.67 bits per heavy atom. The third-order valence-electron chi connectivity index (χ3n) is 2.90. The highest BCUT2D eigenvalue weighted by molar-refractivity contribution is 7.11. The van der Waals surface area contributed by atoms with Crippen molar-refractivity contribution in [2.45, 2.75) is 32.8 Å². The lowest BCUT2D eigenvalue weighted by Crippen LogP contribution is -2.24. The van der Waals surface area contributed by atoms with E-state index in [9.17, 15) is 9.50 Å². The lowest BCUT2D eigenvalue weighted by atomic mass is 9.94. The molecule has 1 atom stereocenters. The minimum Gasteiger partial charge on any atom is -0.385 e. The van der Waals surface area contributed by atoms with Gasteiger partial charge in [-0.15, -0.1) is 11.3 Å². The molecule has 0 aliphatic rings. The molecule has 0 aliphatic carbocycles. The van der Waals surface area contributed by atoms with E-state index in [1.807, 2.05) is 13.8 Å². The molecule has 0 bridgehead atoms. The third-order valence-corrected chi connectivity index (χ3v) is 3.97. The molecule has 1 unspecified atom stereocenters. The summed E-state index contributed by atoms with van der Waals surface area (Å²) in [6.45, 7) is 5.58. The van der Waals surface area contributed by atoms with Gasteiger partial charge < -0.3 is 5.11 Å². The first-order valence-electron chi connectivity index (χ1n) is 5.65. The number of aryl methyl sites for hydroxylation is 2. The van der Waals surface area contributed by atoms with E-state index in [0.717, 1.165) is 21.8 Å². The van der Waals surface area contributed by atoms with E-state index < -0.39 is 11.4 Å². The SMILES string of the molecule is Cc1nc(CC(C)(O)c2cncc(F)c2)sc1C. The molecule has 2 aromatic heterocycles. The van der Waals surface area contributed by atoms with Gasteiger partial charge in [0.25, 0.3) is 0 Å². The fourth-order valence-electron chi connectivity index (χ4n) is 1.72. The number of aliphatic hydroxyl groups is 1. The molecule has 0 fully saturated rings. The third kappa shape index (κ3) is 2.73. The average Bonchev–Trinajstić information content (AvgIpc) is 2.57. The highest BCUT2D eigenvalue weighted by Crippen LogP contribution is 2.28. The van der Waals surface area contributed by atoms with E-state index in [-0.39, 0.29) is 0 Å². The van der Waals surface area contributed by atoms with Crippen molar-refractivity contribution >= 4 is 11.3 Å². The second-order valence-corrected chi connectivity index (χ2v) is 5.88. The van der Waals surface area contributed by atoms with Gasteiger partial charge in [0, 0.05) is 23.1 Å². The van der Waals surface area contributed by atoms with Crippen molar-refractivity contribution in [2.75, 3.05) is 0 Å². The fraction of sp³-hybridized carbons (Fsp3) is 0.385. The van der Waals surface area contributed by atoms with E-state index in [1.165, 1.54) is 12.3 Å². The van der Waals surface area contributed by atoms with Gasteiger partial charge in [-0.3, -0.25) is 4.98 Å². The maximum Gasteiger partial charge on any atom is 0.141 e. The Hall–Kier alpha value is -1.33. The highest BCUT2D eigenvalue weighted by atomic mass is 32.1. The molecular formula is C13H15FN2OS. The summed E-state index contributed by atoms with van der Waals surface area (Å²) in [4.78, 5) is 9.29. The minimum atomic E-state index is -1.16. The van der Waals surface area contributed by atoms with Crippen molar-refractivity contribution in [2.24, 2.45) is 0 Å². The zero-order valence-electron chi connectivity index (χ0n) is 10.6.